The molecule has 1 aromatic carbocycles. The van der Waals surface area contributed by atoms with Crippen molar-refractivity contribution in [2.24, 2.45) is 34.0 Å². The van der Waals surface area contributed by atoms with Crippen molar-refractivity contribution in [1.29, 1.82) is 0 Å². The molecule has 0 unspecified atom stereocenters. The number of aliphatic imine (C=N–C) groups is 1. The van der Waals surface area contributed by atoms with Crippen molar-refractivity contribution < 1.29 is 52.6 Å². The van der Waals surface area contributed by atoms with Crippen molar-refractivity contribution in [3.63, 3.8) is 0 Å². The number of carbonyl (C=O) groups is 8. The van der Waals surface area contributed by atoms with Gasteiger partial charge in [-0.25, -0.2) is 14.5 Å². The molecule has 1 rings (SSSR count). The van der Waals surface area contributed by atoms with E-state index in [-0.39, 0.29) is 37.5 Å². The minimum absolute atomic E-state index is 0.0265. The third-order valence-electron chi connectivity index (χ3n) is 8.24. The number of hydrogen-bond donors (Lipinski definition) is 7. The molecule has 4 atom stereocenters. The lowest BCUT2D eigenvalue weighted by Gasteiger charge is -2.34. The van der Waals surface area contributed by atoms with Gasteiger partial charge in [-0.3, -0.25) is 39.1 Å². The standard InChI is InChI=1S/C43H69N9O11/c1-25(2)28(21-26(3)49-35(56)30(22-27-17-14-13-15-18-27)50-34(55)29(44)23-33(54)61-41(4,5)6)37(58)52(40(60)63-43(10,11)12)31(36(57)48-24-32(45)53)19-16-20-47-38(46)51-39(59)62-42(7,8)9/h13-15,17-18,21,25,28-31H,16,19-20,22-24,44H2,1-12H3,(H2,45,53)(H,48,57)(H,49,56)(H,50,55)(H3,46,47,51,59)/b26-21+/t28-,29-,30+,31-/m0/s1. The molecule has 0 saturated heterocycles. The van der Waals surface area contributed by atoms with Crippen LogP contribution in [-0.4, -0.2) is 107 Å². The number of benzene rings is 1. The average Bonchev–Trinajstić information content (AvgIpc) is 3.11. The van der Waals surface area contributed by atoms with Gasteiger partial charge in [-0.2, -0.15) is 0 Å². The van der Waals surface area contributed by atoms with E-state index >= 15 is 0 Å². The number of amides is 7. The number of nitrogens with one attached hydrogen (secondary N) is 4. The molecule has 0 aliphatic carbocycles. The number of rotatable bonds is 19. The zero-order valence-electron chi connectivity index (χ0n) is 38.7. The maximum atomic E-state index is 14.6. The molecule has 20 nitrogen and oxygen atoms in total. The Morgan fingerprint density at radius 3 is 1.89 bits per heavy atom. The highest BCUT2D eigenvalue weighted by molar-refractivity contribution is 6.00. The molecule has 0 bridgehead atoms. The molecule has 0 saturated carbocycles. The fourth-order valence-corrected chi connectivity index (χ4v) is 5.58. The summed E-state index contributed by atoms with van der Waals surface area (Å²) in [5, 5.41) is 9.98. The highest BCUT2D eigenvalue weighted by atomic mass is 16.6. The van der Waals surface area contributed by atoms with Crippen molar-refractivity contribution in [3.05, 3.63) is 47.7 Å². The number of nitrogens with two attached hydrogens (primary N) is 3. The smallest absolute Gasteiger partial charge is 0.417 e. The maximum absolute atomic E-state index is 14.6. The van der Waals surface area contributed by atoms with Crippen molar-refractivity contribution in [2.75, 3.05) is 13.1 Å². The first-order valence-corrected chi connectivity index (χ1v) is 20.6. The maximum Gasteiger partial charge on any atom is 0.417 e. The molecule has 0 aliphatic rings. The number of nitrogens with zero attached hydrogens (tertiary/aromatic N) is 2. The van der Waals surface area contributed by atoms with Crippen molar-refractivity contribution >= 4 is 53.7 Å². The van der Waals surface area contributed by atoms with Crippen LogP contribution in [0.15, 0.2) is 47.1 Å². The molecule has 0 radical (unpaired) electrons. The molecule has 0 aromatic heterocycles. The van der Waals surface area contributed by atoms with Crippen molar-refractivity contribution in [3.8, 4) is 0 Å². The number of alkyl carbamates (subject to hydrolysis) is 1. The van der Waals surface area contributed by atoms with Crippen molar-refractivity contribution in [2.45, 2.75) is 144 Å². The number of hydrogen-bond acceptors (Lipinski definition) is 13. The molecule has 0 aliphatic heterocycles. The SMILES string of the molecule is C/C(=C\[C@H](C(=O)N(C(=O)OC(C)(C)C)[C@@H](CCCN=C(N)NC(=O)OC(C)(C)C)C(=O)NCC(N)=O)C(C)C)NC(=O)[C@@H](Cc1ccccc1)NC(=O)[C@@H](N)CC(=O)OC(C)(C)C. The van der Waals surface area contributed by atoms with Gasteiger partial charge in [0.15, 0.2) is 5.96 Å². The highest BCUT2D eigenvalue weighted by Crippen LogP contribution is 2.24. The topological polar surface area (TPSA) is 306 Å². The number of allylic oxidation sites excluding steroid dienone is 1. The molecule has 1 aromatic rings. The van der Waals surface area contributed by atoms with Gasteiger partial charge in [0.1, 0.15) is 28.9 Å². The van der Waals surface area contributed by atoms with Gasteiger partial charge in [-0.05, 0) is 93.6 Å². The van der Waals surface area contributed by atoms with Gasteiger partial charge >= 0.3 is 18.2 Å². The second-order valence-corrected chi connectivity index (χ2v) is 18.2. The minimum Gasteiger partial charge on any atom is -0.460 e. The molecular weight excluding hydrogens is 819 g/mol. The molecule has 0 heterocycles. The van der Waals surface area contributed by atoms with E-state index in [4.69, 9.17) is 31.4 Å². The van der Waals surface area contributed by atoms with Crippen LogP contribution in [0.25, 0.3) is 0 Å². The number of esters is 1. The van der Waals surface area contributed by atoms with Gasteiger partial charge in [0, 0.05) is 18.7 Å². The second-order valence-electron chi connectivity index (χ2n) is 18.2. The summed E-state index contributed by atoms with van der Waals surface area (Å²) < 4.78 is 16.1. The normalized spacial score (nSPS) is 14.3. The Labute approximate surface area is 370 Å². The first-order chi connectivity index (χ1) is 28.9. The quantitative estimate of drug-likeness (QED) is 0.0346. The van der Waals surface area contributed by atoms with Crippen LogP contribution in [0.5, 0.6) is 0 Å². The summed E-state index contributed by atoms with van der Waals surface area (Å²) in [5.74, 6) is -6.83. The van der Waals surface area contributed by atoms with Gasteiger partial charge in [0.05, 0.1) is 24.9 Å². The second kappa shape index (κ2) is 24.6. The predicted molar refractivity (Wildman–Crippen MR) is 235 cm³/mol. The van der Waals surface area contributed by atoms with Crippen molar-refractivity contribution in [1.82, 2.24) is 26.2 Å². The highest BCUT2D eigenvalue weighted by Gasteiger charge is 2.41. The Morgan fingerprint density at radius 1 is 0.794 bits per heavy atom. The molecule has 20 heteroatoms. The van der Waals surface area contributed by atoms with Gasteiger partial charge in [0.25, 0.3) is 0 Å². The monoisotopic (exact) mass is 888 g/mol. The summed E-state index contributed by atoms with van der Waals surface area (Å²) in [6.07, 6.45) is -1.20. The summed E-state index contributed by atoms with van der Waals surface area (Å²) in [5.41, 5.74) is 15.3. The Balaban J connectivity index is 3.58. The van der Waals surface area contributed by atoms with Crippen LogP contribution in [-0.2, 0) is 49.4 Å². The first-order valence-electron chi connectivity index (χ1n) is 20.6. The fourth-order valence-electron chi connectivity index (χ4n) is 5.58. The van der Waals surface area contributed by atoms with Gasteiger partial charge in [-0.1, -0.05) is 50.3 Å². The van der Waals surface area contributed by atoms with Gasteiger partial charge < -0.3 is 47.4 Å². The summed E-state index contributed by atoms with van der Waals surface area (Å²) >= 11 is 0. The fraction of sp³-hybridized carbons (Fsp3) is 0.605. The van der Waals surface area contributed by atoms with E-state index in [1.807, 2.05) is 0 Å². The molecule has 352 valence electrons. The Bertz CT molecular complexity index is 1830. The van der Waals surface area contributed by atoms with Crippen LogP contribution >= 0.6 is 0 Å². The molecule has 10 N–H and O–H groups in total. The number of carbonyl (C=O) groups excluding carboxylic acids is 8. The molecule has 7 amide bonds. The summed E-state index contributed by atoms with van der Waals surface area (Å²) in [6.45, 7) is 18.9. The zero-order chi connectivity index (χ0) is 48.5. The summed E-state index contributed by atoms with van der Waals surface area (Å²) in [7, 11) is 0. The number of guanidine groups is 1. The third-order valence-corrected chi connectivity index (χ3v) is 8.24. The largest absolute Gasteiger partial charge is 0.460 e. The van der Waals surface area contributed by atoms with E-state index in [1.54, 1.807) is 106 Å². The average molecular weight is 888 g/mol. The number of imide groups is 1. The van der Waals surface area contributed by atoms with Crippen LogP contribution < -0.4 is 38.5 Å². The third kappa shape index (κ3) is 22.6. The van der Waals surface area contributed by atoms with Gasteiger partial charge in [0.2, 0.25) is 29.5 Å². The lowest BCUT2D eigenvalue weighted by atomic mass is 9.92. The van der Waals surface area contributed by atoms with Crippen LogP contribution in [0.1, 0.15) is 108 Å². The first kappa shape index (κ1) is 55.0. The van der Waals surface area contributed by atoms with Crippen LogP contribution in [0, 0.1) is 11.8 Å². The Morgan fingerprint density at radius 2 is 1.37 bits per heavy atom. The number of ether oxygens (including phenoxy) is 3. The zero-order valence-corrected chi connectivity index (χ0v) is 38.7. The van der Waals surface area contributed by atoms with Crippen LogP contribution in [0.2, 0.25) is 0 Å². The molecule has 63 heavy (non-hydrogen) atoms. The Hall–Kier alpha value is -6.05. The lowest BCUT2D eigenvalue weighted by Crippen LogP contribution is -2.56. The number of primary amides is 1. The van der Waals surface area contributed by atoms with Gasteiger partial charge in [-0.15, -0.1) is 0 Å². The van der Waals surface area contributed by atoms with E-state index in [0.717, 1.165) is 0 Å². The van der Waals surface area contributed by atoms with E-state index in [2.05, 4.69) is 26.3 Å². The summed E-state index contributed by atoms with van der Waals surface area (Å²) in [6, 6.07) is 4.71. The lowest BCUT2D eigenvalue weighted by molar-refractivity contribution is -0.156. The predicted octanol–water partition coefficient (Wildman–Crippen LogP) is 2.42. The van der Waals surface area contributed by atoms with E-state index < -0.39 is 107 Å². The van der Waals surface area contributed by atoms with Crippen LogP contribution in [0.4, 0.5) is 9.59 Å². The van der Waals surface area contributed by atoms with E-state index in [0.29, 0.717) is 10.5 Å². The minimum atomic E-state index is -1.57. The molecule has 0 fully saturated rings. The van der Waals surface area contributed by atoms with Crippen LogP contribution in [0.3, 0.4) is 0 Å². The van der Waals surface area contributed by atoms with E-state index in [1.165, 1.54) is 13.0 Å². The Kier molecular flexibility index (Phi) is 21.4. The molecular formula is C43H69N9O11. The van der Waals surface area contributed by atoms with E-state index in [9.17, 15) is 38.4 Å². The molecule has 0 spiro atoms. The summed E-state index contributed by atoms with van der Waals surface area (Å²) in [4.78, 5) is 110.